The number of ketones is 2. The quantitative estimate of drug-likeness (QED) is 0.159. The van der Waals surface area contributed by atoms with Crippen molar-refractivity contribution in [3.63, 3.8) is 0 Å². The molecule has 2 N–H and O–H groups in total. The zero-order chi connectivity index (χ0) is 40.2. The first kappa shape index (κ1) is 46.7. The molecule has 0 aromatic carbocycles. The molecule has 8 heteroatoms. The molecule has 8 aliphatic rings. The fourth-order valence-electron chi connectivity index (χ4n) is 14.7. The molecule has 0 amide bonds. The van der Waals surface area contributed by atoms with E-state index in [4.69, 9.17) is 9.84 Å². The molecule has 8 aliphatic carbocycles. The Balaban J connectivity index is 0.000000214. The first-order chi connectivity index (χ1) is 26.5. The van der Waals surface area contributed by atoms with Crippen LogP contribution in [0.1, 0.15) is 126 Å². The van der Waals surface area contributed by atoms with Crippen molar-refractivity contribution in [1.29, 1.82) is 0 Å². The van der Waals surface area contributed by atoms with E-state index in [0.29, 0.717) is 89.8 Å². The van der Waals surface area contributed by atoms with Gasteiger partial charge in [0.1, 0.15) is 0 Å². The van der Waals surface area contributed by atoms with Crippen molar-refractivity contribution < 1.29 is 64.1 Å². The van der Waals surface area contributed by atoms with Gasteiger partial charge in [-0.05, 0) is 175 Å². The van der Waals surface area contributed by atoms with Gasteiger partial charge in [-0.1, -0.05) is 78.0 Å². The summed E-state index contributed by atoms with van der Waals surface area (Å²) < 4.78 is 5.06. The van der Waals surface area contributed by atoms with Crippen LogP contribution in [0.15, 0.2) is 71.9 Å². The molecule has 0 bridgehead atoms. The number of rotatable bonds is 7. The second-order valence-electron chi connectivity index (χ2n) is 20.2. The van der Waals surface area contributed by atoms with Gasteiger partial charge >= 0.3 is 41.5 Å². The number of carbonyl (C=O) groups excluding carboxylic acids is 3. The molecular weight excluding hydrogens is 736 g/mol. The molecule has 312 valence electrons. The van der Waals surface area contributed by atoms with E-state index < -0.39 is 5.97 Å². The largest absolute Gasteiger partial charge is 1.00 e. The number of hydrogen-bond acceptors (Lipinski definition) is 6. The fraction of sp³-hybridized carbons (Fsp3) is 0.680. The predicted molar refractivity (Wildman–Crippen MR) is 223 cm³/mol. The third-order valence-electron chi connectivity index (χ3n) is 17.8. The molecule has 0 aliphatic heterocycles. The van der Waals surface area contributed by atoms with Gasteiger partial charge < -0.3 is 15.3 Å². The number of carboxylic acids is 1. The van der Waals surface area contributed by atoms with Gasteiger partial charge in [-0.25, -0.2) is 9.59 Å². The molecule has 0 aromatic rings. The molecule has 4 fully saturated rings. The van der Waals surface area contributed by atoms with Crippen LogP contribution in [0.3, 0.4) is 0 Å². The van der Waals surface area contributed by atoms with Gasteiger partial charge in [0.2, 0.25) is 0 Å². The van der Waals surface area contributed by atoms with Crippen molar-refractivity contribution in [3.05, 3.63) is 71.9 Å². The van der Waals surface area contributed by atoms with E-state index in [1.165, 1.54) is 68.6 Å². The molecule has 0 aromatic heterocycles. The summed E-state index contributed by atoms with van der Waals surface area (Å²) >= 11 is 0. The maximum Gasteiger partial charge on any atom is 1.00 e. The maximum absolute atomic E-state index is 12.0. The number of hydrogen-bond donors (Lipinski definition) is 1. The predicted octanol–water partition coefficient (Wildman–Crippen LogP) is 7.68. The van der Waals surface area contributed by atoms with Crippen molar-refractivity contribution in [1.82, 2.24) is 0 Å². The smallest absolute Gasteiger partial charge is 0.870 e. The Morgan fingerprint density at radius 2 is 1.14 bits per heavy atom. The topological polar surface area (TPSA) is 128 Å². The SMILES string of the molecule is CCOC(=O)/C=C/[C@@H](C)C1CCC2C3C=CC4=CC(=O)CC[C@]4(C)C3CC[C@@]21C.C[C@H](/C=C/C(=O)O)C1CCC2C3C=CC4=CC(=O)CC[C@]4(C)C3CC[C@@]21C.[Na+].[OH-]. The van der Waals surface area contributed by atoms with E-state index in [0.717, 1.165) is 12.8 Å². The fourth-order valence-corrected chi connectivity index (χ4v) is 14.7. The molecule has 7 nitrogen and oxygen atoms in total. The minimum Gasteiger partial charge on any atom is -0.870 e. The zero-order valence-corrected chi connectivity index (χ0v) is 38.7. The number of allylic oxidation sites excluding steroid dienone is 10. The van der Waals surface area contributed by atoms with Crippen LogP contribution in [-0.4, -0.2) is 40.7 Å². The first-order valence-electron chi connectivity index (χ1n) is 22.2. The van der Waals surface area contributed by atoms with E-state index >= 15 is 0 Å². The summed E-state index contributed by atoms with van der Waals surface area (Å²) in [7, 11) is 0. The van der Waals surface area contributed by atoms with Crippen molar-refractivity contribution in [3.8, 4) is 0 Å². The zero-order valence-electron chi connectivity index (χ0n) is 36.7. The molecule has 0 heterocycles. The van der Waals surface area contributed by atoms with Crippen LogP contribution in [0.4, 0.5) is 0 Å². The van der Waals surface area contributed by atoms with Gasteiger partial charge in [0.25, 0.3) is 0 Å². The minimum atomic E-state index is -0.848. The molecule has 4 saturated carbocycles. The number of carboxylic acid groups (broad SMARTS) is 1. The van der Waals surface area contributed by atoms with E-state index in [-0.39, 0.29) is 63.0 Å². The second kappa shape index (κ2) is 18.0. The van der Waals surface area contributed by atoms with Gasteiger partial charge in [-0.3, -0.25) is 9.59 Å². The number of aliphatic carboxylic acids is 1. The van der Waals surface area contributed by atoms with Crippen LogP contribution in [0.25, 0.3) is 0 Å². The van der Waals surface area contributed by atoms with Crippen LogP contribution < -0.4 is 29.6 Å². The molecule has 58 heavy (non-hydrogen) atoms. The maximum atomic E-state index is 12.0. The Kier molecular flexibility index (Phi) is 14.5. The number of ether oxygens (including phenoxy) is 1. The monoisotopic (exact) mass is 804 g/mol. The summed E-state index contributed by atoms with van der Waals surface area (Å²) in [5.41, 5.74) is 3.47. The Hall–Kier alpha value is -2.32. The van der Waals surface area contributed by atoms with Gasteiger partial charge in [-0.2, -0.15) is 0 Å². The average Bonchev–Trinajstić information content (AvgIpc) is 3.71. The summed E-state index contributed by atoms with van der Waals surface area (Å²) in [5.74, 6) is 5.27. The molecule has 8 unspecified atom stereocenters. The van der Waals surface area contributed by atoms with E-state index in [2.05, 4.69) is 71.9 Å². The van der Waals surface area contributed by atoms with E-state index in [1.807, 2.05) is 25.2 Å². The van der Waals surface area contributed by atoms with Crippen LogP contribution in [0.5, 0.6) is 0 Å². The average molecular weight is 805 g/mol. The molecule has 8 rings (SSSR count). The van der Waals surface area contributed by atoms with E-state index in [1.54, 1.807) is 6.08 Å². The third kappa shape index (κ3) is 8.21. The second-order valence-corrected chi connectivity index (χ2v) is 20.2. The van der Waals surface area contributed by atoms with Gasteiger partial charge in [0.05, 0.1) is 6.61 Å². The summed E-state index contributed by atoms with van der Waals surface area (Å²) in [5, 5.41) is 8.99. The first-order valence-corrected chi connectivity index (χ1v) is 22.2. The van der Waals surface area contributed by atoms with Crippen molar-refractivity contribution in [2.45, 2.75) is 126 Å². The Bertz CT molecular complexity index is 1790. The minimum absolute atomic E-state index is 0. The van der Waals surface area contributed by atoms with E-state index in [9.17, 15) is 19.2 Å². The Morgan fingerprint density at radius 3 is 1.55 bits per heavy atom. The summed E-state index contributed by atoms with van der Waals surface area (Å²) in [4.78, 5) is 46.6. The van der Waals surface area contributed by atoms with Crippen LogP contribution in [0, 0.1) is 80.8 Å². The standard InChI is InChI=1S/C26H36O3.C24H32O3.Na.H2O/c1-5-29-24(28)11-6-17(2)21-9-10-22-20-8-7-18-16-19(27)12-14-25(18,3)23(20)13-15-26(21,22)4;1-15(4-9-22(26)27)19-7-8-20-18-6-5-16-14-17(25)10-12-23(16,2)21(18)11-13-24(19,20)3;;/h6-8,11,16-17,20-23H,5,9-10,12-15H2,1-4H3;4-6,9,14-15,18-21H,7-8,10-13H2,1-3H3,(H,26,27);;1H2/q;;+1;/p-1/b11-6+;9-4+;;/t17-,20?,21?,22?,23?,25+,26-;15-,18?,19?,20?,21?,23+,24-;;/m11../s1. The van der Waals surface area contributed by atoms with Crippen molar-refractivity contribution >= 4 is 23.5 Å². The number of fused-ring (bicyclic) bond motifs is 10. The number of esters is 1. The van der Waals surface area contributed by atoms with Crippen LogP contribution in [0.2, 0.25) is 0 Å². The van der Waals surface area contributed by atoms with Crippen molar-refractivity contribution in [2.24, 2.45) is 80.8 Å². The van der Waals surface area contributed by atoms with Crippen LogP contribution >= 0.6 is 0 Å². The Labute approximate surface area is 370 Å². The van der Waals surface area contributed by atoms with Crippen LogP contribution in [-0.2, 0) is 23.9 Å². The van der Waals surface area contributed by atoms with Gasteiger partial charge in [0, 0.05) is 25.0 Å². The van der Waals surface area contributed by atoms with Gasteiger partial charge in [0.15, 0.2) is 11.6 Å². The summed E-state index contributed by atoms with van der Waals surface area (Å²) in [6.07, 6.45) is 33.4. The molecule has 0 saturated heterocycles. The Morgan fingerprint density at radius 1 is 0.707 bits per heavy atom. The van der Waals surface area contributed by atoms with Gasteiger partial charge in [-0.15, -0.1) is 0 Å². The number of carbonyl (C=O) groups is 4. The summed E-state index contributed by atoms with van der Waals surface area (Å²) in [6.45, 7) is 16.5. The molecule has 0 spiro atoms. The third-order valence-corrected chi connectivity index (χ3v) is 17.8. The normalized spacial score (nSPS) is 41.7. The summed E-state index contributed by atoms with van der Waals surface area (Å²) in [6, 6.07) is 0. The molecule has 14 atom stereocenters. The molecular formula is C50H69NaO7. The van der Waals surface area contributed by atoms with Crippen molar-refractivity contribution in [2.75, 3.05) is 6.61 Å². The molecule has 0 radical (unpaired) electrons.